The number of phenolic OH excluding ortho intramolecular Hbond substituents is 3. The second kappa shape index (κ2) is 12.8. The molecule has 1 saturated heterocycles. The van der Waals surface area contributed by atoms with Gasteiger partial charge in [-0.2, -0.15) is 0 Å². The quantitative estimate of drug-likeness (QED) is 0.163. The number of benzene rings is 3. The van der Waals surface area contributed by atoms with Crippen molar-refractivity contribution in [3.8, 4) is 34.5 Å². The smallest absolute Gasteiger partial charge is 0.338 e. The van der Waals surface area contributed by atoms with Gasteiger partial charge < -0.3 is 54.3 Å². The zero-order valence-electron chi connectivity index (χ0n) is 22.1. The normalized spacial score (nSPS) is 22.3. The third-order valence-corrected chi connectivity index (χ3v) is 6.29. The van der Waals surface area contributed by atoms with Crippen LogP contribution in [0.3, 0.4) is 0 Å². The number of aliphatic hydroxyl groups is 3. The highest BCUT2D eigenvalue weighted by Gasteiger charge is 2.45. The molecule has 0 aliphatic carbocycles. The first-order valence-corrected chi connectivity index (χ1v) is 12.4. The van der Waals surface area contributed by atoms with E-state index in [0.717, 1.165) is 5.56 Å². The maximum Gasteiger partial charge on any atom is 0.338 e. The van der Waals surface area contributed by atoms with Gasteiger partial charge in [0.05, 0.1) is 19.8 Å². The number of aromatic hydroxyl groups is 3. The van der Waals surface area contributed by atoms with Gasteiger partial charge in [-0.3, -0.25) is 0 Å². The van der Waals surface area contributed by atoms with Crippen molar-refractivity contribution in [2.75, 3.05) is 20.8 Å². The second-order valence-electron chi connectivity index (χ2n) is 9.15. The fraction of sp³-hybridized carbons (Fsp3) is 0.276. The van der Waals surface area contributed by atoms with Crippen LogP contribution in [-0.4, -0.2) is 88.1 Å². The summed E-state index contributed by atoms with van der Waals surface area (Å²) in [5, 5.41) is 61.0. The summed E-state index contributed by atoms with van der Waals surface area (Å²) < 4.78 is 26.6. The van der Waals surface area contributed by atoms with Gasteiger partial charge >= 0.3 is 5.97 Å². The number of esters is 1. The van der Waals surface area contributed by atoms with E-state index in [2.05, 4.69) is 0 Å². The third kappa shape index (κ3) is 6.99. The first kappa shape index (κ1) is 29.5. The van der Waals surface area contributed by atoms with Crippen molar-refractivity contribution >= 4 is 18.1 Å². The molecule has 3 aromatic carbocycles. The highest BCUT2D eigenvalue weighted by molar-refractivity contribution is 5.91. The first-order valence-electron chi connectivity index (χ1n) is 12.4. The number of hydrogen-bond acceptors (Lipinski definition) is 12. The fourth-order valence-electron chi connectivity index (χ4n) is 4.09. The van der Waals surface area contributed by atoms with Crippen LogP contribution in [0.25, 0.3) is 12.2 Å². The van der Waals surface area contributed by atoms with Crippen molar-refractivity contribution in [2.45, 2.75) is 30.7 Å². The van der Waals surface area contributed by atoms with E-state index in [9.17, 15) is 35.4 Å². The Bertz CT molecular complexity index is 1360. The number of methoxy groups -OCH3 is 2. The van der Waals surface area contributed by atoms with Gasteiger partial charge in [0.25, 0.3) is 0 Å². The zero-order valence-corrected chi connectivity index (χ0v) is 22.1. The molecule has 41 heavy (non-hydrogen) atoms. The number of carbonyl (C=O) groups excluding carboxylic acids is 1. The molecule has 218 valence electrons. The number of hydrogen-bond donors (Lipinski definition) is 6. The summed E-state index contributed by atoms with van der Waals surface area (Å²) in [6.45, 7) is -0.532. The molecule has 0 spiro atoms. The first-order chi connectivity index (χ1) is 19.6. The van der Waals surface area contributed by atoms with Gasteiger partial charge in [0.1, 0.15) is 48.3 Å². The van der Waals surface area contributed by atoms with Gasteiger partial charge in [0, 0.05) is 6.07 Å². The summed E-state index contributed by atoms with van der Waals surface area (Å²) in [4.78, 5) is 12.7. The maximum atomic E-state index is 12.7. The van der Waals surface area contributed by atoms with Crippen LogP contribution in [-0.2, 0) is 9.47 Å². The predicted octanol–water partition coefficient (Wildman–Crippen LogP) is 2.03. The Hall–Kier alpha value is -4.49. The number of rotatable bonds is 9. The lowest BCUT2D eigenvalue weighted by Crippen LogP contribution is -2.60. The van der Waals surface area contributed by atoms with Crippen LogP contribution in [0.5, 0.6) is 34.5 Å². The topological polar surface area (TPSA) is 185 Å². The fourth-order valence-corrected chi connectivity index (χ4v) is 4.09. The molecule has 5 atom stereocenters. The molecule has 0 aromatic heterocycles. The molecule has 1 fully saturated rings. The van der Waals surface area contributed by atoms with Crippen LogP contribution in [0.4, 0.5) is 0 Å². The van der Waals surface area contributed by atoms with Gasteiger partial charge in [0.15, 0.2) is 11.5 Å². The standard InChI is InChI=1S/C29H30O12/c1-37-21-11-17(12-22(38-2)24(21)32)28(36)39-14-23-25(33)26(34)27(35)29(41-23)40-20-10-16(9-19(31)13-20)4-3-15-5-7-18(30)8-6-15/h3-13,23,25-27,29-35H,14H2,1-2H3/t23-,25-,26+,27-,29-/m1/s1. The van der Waals surface area contributed by atoms with Crippen molar-refractivity contribution in [2.24, 2.45) is 0 Å². The van der Waals surface area contributed by atoms with Gasteiger partial charge in [-0.1, -0.05) is 24.3 Å². The van der Waals surface area contributed by atoms with Gasteiger partial charge in [-0.25, -0.2) is 4.79 Å². The Morgan fingerprint density at radius 3 is 2.07 bits per heavy atom. The molecule has 0 amide bonds. The largest absolute Gasteiger partial charge is 0.508 e. The van der Waals surface area contributed by atoms with Crippen molar-refractivity contribution in [3.63, 3.8) is 0 Å². The van der Waals surface area contributed by atoms with Crippen LogP contribution < -0.4 is 14.2 Å². The Morgan fingerprint density at radius 1 is 0.805 bits per heavy atom. The monoisotopic (exact) mass is 570 g/mol. The SMILES string of the molecule is COc1cc(C(=O)OC[C@H]2O[C@@H](Oc3cc(O)cc(C=Cc4ccc(O)cc4)c3)[C@H](O)[C@@H](O)[C@@H]2O)cc(OC)c1O. The lowest BCUT2D eigenvalue weighted by molar-refractivity contribution is -0.277. The molecule has 0 unspecified atom stereocenters. The molecule has 1 aliphatic heterocycles. The minimum atomic E-state index is -1.71. The van der Waals surface area contributed by atoms with Gasteiger partial charge in [0.2, 0.25) is 12.0 Å². The third-order valence-electron chi connectivity index (χ3n) is 6.29. The molecular formula is C29H30O12. The molecule has 0 saturated carbocycles. The van der Waals surface area contributed by atoms with Gasteiger partial charge in [-0.05, 0) is 47.5 Å². The zero-order chi connectivity index (χ0) is 29.7. The Kier molecular flexibility index (Phi) is 9.20. The van der Waals surface area contributed by atoms with E-state index in [1.165, 1.54) is 50.6 Å². The molecule has 4 rings (SSSR count). The van der Waals surface area contributed by atoms with E-state index < -0.39 is 43.3 Å². The molecule has 12 heteroatoms. The average Bonchev–Trinajstić information content (AvgIpc) is 2.96. The molecule has 1 aliphatic rings. The summed E-state index contributed by atoms with van der Waals surface area (Å²) in [5.74, 6) is -1.16. The van der Waals surface area contributed by atoms with E-state index in [1.807, 2.05) is 0 Å². The maximum absolute atomic E-state index is 12.7. The van der Waals surface area contributed by atoms with E-state index in [0.29, 0.717) is 5.56 Å². The van der Waals surface area contributed by atoms with Gasteiger partial charge in [-0.15, -0.1) is 0 Å². The summed E-state index contributed by atoms with van der Waals surface area (Å²) in [6.07, 6.45) is -4.39. The molecule has 3 aromatic rings. The lowest BCUT2D eigenvalue weighted by atomic mass is 9.99. The van der Waals surface area contributed by atoms with Crippen LogP contribution in [0, 0.1) is 0 Å². The van der Waals surface area contributed by atoms with Crippen LogP contribution in [0.1, 0.15) is 21.5 Å². The molecular weight excluding hydrogens is 540 g/mol. The number of carbonyl (C=O) groups is 1. The molecule has 6 N–H and O–H groups in total. The van der Waals surface area contributed by atoms with Crippen LogP contribution in [0.15, 0.2) is 54.6 Å². The Balaban J connectivity index is 1.45. The summed E-state index contributed by atoms with van der Waals surface area (Å²) >= 11 is 0. The van der Waals surface area contributed by atoms with Crippen LogP contribution >= 0.6 is 0 Å². The van der Waals surface area contributed by atoms with E-state index >= 15 is 0 Å². The van der Waals surface area contributed by atoms with Crippen molar-refractivity contribution in [1.82, 2.24) is 0 Å². The Morgan fingerprint density at radius 2 is 1.44 bits per heavy atom. The van der Waals surface area contributed by atoms with E-state index in [4.69, 9.17) is 23.7 Å². The molecule has 1 heterocycles. The summed E-state index contributed by atoms with van der Waals surface area (Å²) in [6, 6.07) is 13.2. The number of phenols is 3. The van der Waals surface area contributed by atoms with Crippen LogP contribution in [0.2, 0.25) is 0 Å². The summed E-state index contributed by atoms with van der Waals surface area (Å²) in [5.41, 5.74) is 1.30. The molecule has 0 radical (unpaired) electrons. The highest BCUT2D eigenvalue weighted by Crippen LogP contribution is 2.37. The minimum absolute atomic E-state index is 0.0252. The lowest BCUT2D eigenvalue weighted by Gasteiger charge is -2.39. The van der Waals surface area contributed by atoms with Crippen molar-refractivity contribution < 1.29 is 59.1 Å². The minimum Gasteiger partial charge on any atom is -0.508 e. The number of aliphatic hydroxyl groups excluding tert-OH is 3. The highest BCUT2D eigenvalue weighted by atomic mass is 16.7. The average molecular weight is 571 g/mol. The number of ether oxygens (including phenoxy) is 5. The predicted molar refractivity (Wildman–Crippen MR) is 144 cm³/mol. The van der Waals surface area contributed by atoms with Crippen molar-refractivity contribution in [1.29, 1.82) is 0 Å². The molecule has 12 nitrogen and oxygen atoms in total. The Labute approximate surface area is 234 Å². The second-order valence-corrected chi connectivity index (χ2v) is 9.15. The van der Waals surface area contributed by atoms with Crippen molar-refractivity contribution in [3.05, 3.63) is 71.3 Å². The van der Waals surface area contributed by atoms with E-state index in [1.54, 1.807) is 30.4 Å². The summed E-state index contributed by atoms with van der Waals surface area (Å²) in [7, 11) is 2.59. The molecule has 0 bridgehead atoms. The van der Waals surface area contributed by atoms with E-state index in [-0.39, 0.29) is 40.1 Å².